The highest BCUT2D eigenvalue weighted by molar-refractivity contribution is 7.99. The summed E-state index contributed by atoms with van der Waals surface area (Å²) in [6.07, 6.45) is 3.37. The van der Waals surface area contributed by atoms with Gasteiger partial charge in [0, 0.05) is 23.4 Å². The maximum atomic E-state index is 12.7. The third-order valence-corrected chi connectivity index (χ3v) is 5.93. The van der Waals surface area contributed by atoms with Gasteiger partial charge in [0.15, 0.2) is 16.8 Å². The Kier molecular flexibility index (Phi) is 6.85. The van der Waals surface area contributed by atoms with Crippen LogP contribution in [0.4, 0.5) is 5.69 Å². The molecule has 7 nitrogen and oxygen atoms in total. The summed E-state index contributed by atoms with van der Waals surface area (Å²) < 4.78 is 7.29. The van der Waals surface area contributed by atoms with Gasteiger partial charge in [-0.2, -0.15) is 0 Å². The lowest BCUT2D eigenvalue weighted by Crippen LogP contribution is -2.12. The quantitative estimate of drug-likeness (QED) is 0.209. The van der Waals surface area contributed by atoms with E-state index in [0.717, 1.165) is 11.3 Å². The molecule has 166 valence electrons. The molecule has 33 heavy (non-hydrogen) atoms. The number of benzene rings is 2. The van der Waals surface area contributed by atoms with Crippen LogP contribution in [0.25, 0.3) is 11.4 Å². The average Bonchev–Trinajstić information content (AvgIpc) is 3.44. The Labute approximate surface area is 195 Å². The van der Waals surface area contributed by atoms with Gasteiger partial charge in [-0.25, -0.2) is 0 Å². The van der Waals surface area contributed by atoms with Crippen molar-refractivity contribution < 1.29 is 14.0 Å². The van der Waals surface area contributed by atoms with E-state index < -0.39 is 0 Å². The smallest absolute Gasteiger partial charge is 0.255 e. The van der Waals surface area contributed by atoms with E-state index in [1.165, 1.54) is 11.8 Å². The van der Waals surface area contributed by atoms with Crippen LogP contribution in [0.1, 0.15) is 26.5 Å². The number of ketones is 1. The van der Waals surface area contributed by atoms with Crippen LogP contribution < -0.4 is 5.32 Å². The first-order chi connectivity index (χ1) is 16.1. The zero-order valence-electron chi connectivity index (χ0n) is 18.0. The maximum Gasteiger partial charge on any atom is 0.255 e. The number of hydrogen-bond donors (Lipinski definition) is 1. The van der Waals surface area contributed by atoms with E-state index in [4.69, 9.17) is 4.42 Å². The summed E-state index contributed by atoms with van der Waals surface area (Å²) in [5.41, 5.74) is 2.61. The Hall–Kier alpha value is -3.91. The summed E-state index contributed by atoms with van der Waals surface area (Å²) in [4.78, 5) is 25.0. The predicted molar refractivity (Wildman–Crippen MR) is 129 cm³/mol. The molecule has 0 unspecified atom stereocenters. The molecule has 0 spiro atoms. The molecular formula is C25H22N4O3S. The van der Waals surface area contributed by atoms with E-state index in [9.17, 15) is 9.59 Å². The van der Waals surface area contributed by atoms with Gasteiger partial charge in [0.25, 0.3) is 5.91 Å². The standard InChI is InChI=1S/C25H22N4O3S/c1-3-14-29-23(21-13-15-32-17(21)2)27-28-25(29)33-16-22(30)18-9-11-20(12-10-18)26-24(31)19-7-5-4-6-8-19/h3-13,15H,1,14,16H2,2H3,(H,26,31). The van der Waals surface area contributed by atoms with E-state index in [1.807, 2.05) is 35.8 Å². The molecule has 8 heteroatoms. The lowest BCUT2D eigenvalue weighted by Gasteiger charge is -2.08. The summed E-state index contributed by atoms with van der Waals surface area (Å²) in [5.74, 6) is 1.38. The minimum atomic E-state index is -0.199. The summed E-state index contributed by atoms with van der Waals surface area (Å²) in [5, 5.41) is 12.0. The molecule has 0 atom stereocenters. The molecule has 0 saturated heterocycles. The molecule has 1 N–H and O–H groups in total. The van der Waals surface area contributed by atoms with Crippen LogP contribution in [-0.2, 0) is 6.54 Å². The first-order valence-corrected chi connectivity index (χ1v) is 11.3. The third kappa shape index (κ3) is 5.12. The fourth-order valence-electron chi connectivity index (χ4n) is 3.25. The Morgan fingerprint density at radius 2 is 1.82 bits per heavy atom. The maximum absolute atomic E-state index is 12.7. The number of thioether (sulfide) groups is 1. The van der Waals surface area contributed by atoms with Gasteiger partial charge < -0.3 is 9.73 Å². The van der Waals surface area contributed by atoms with Crippen LogP contribution >= 0.6 is 11.8 Å². The number of carbonyl (C=O) groups is 2. The number of hydrogen-bond acceptors (Lipinski definition) is 6. The van der Waals surface area contributed by atoms with E-state index in [0.29, 0.717) is 34.3 Å². The first-order valence-electron chi connectivity index (χ1n) is 10.3. The molecule has 1 amide bonds. The van der Waals surface area contributed by atoms with Gasteiger partial charge in [0.1, 0.15) is 5.76 Å². The molecule has 0 bridgehead atoms. The van der Waals surface area contributed by atoms with Crippen molar-refractivity contribution in [3.8, 4) is 11.4 Å². The lowest BCUT2D eigenvalue weighted by atomic mass is 10.1. The fraction of sp³-hybridized carbons (Fsp3) is 0.120. The van der Waals surface area contributed by atoms with Crippen molar-refractivity contribution in [2.45, 2.75) is 18.6 Å². The first kappa shape index (κ1) is 22.3. The number of rotatable bonds is 9. The van der Waals surface area contributed by atoms with E-state index in [-0.39, 0.29) is 17.4 Å². The van der Waals surface area contributed by atoms with Crippen LogP contribution in [0.15, 0.2) is 89.2 Å². The van der Waals surface area contributed by atoms with Gasteiger partial charge >= 0.3 is 0 Å². The van der Waals surface area contributed by atoms with Crippen molar-refractivity contribution >= 4 is 29.1 Å². The minimum Gasteiger partial charge on any atom is -0.469 e. The van der Waals surface area contributed by atoms with Gasteiger partial charge in [-0.3, -0.25) is 14.2 Å². The van der Waals surface area contributed by atoms with Crippen molar-refractivity contribution in [1.82, 2.24) is 14.8 Å². The second kappa shape index (κ2) is 10.1. The number of furan rings is 1. The van der Waals surface area contributed by atoms with Crippen molar-refractivity contribution in [2.24, 2.45) is 0 Å². The number of nitrogens with zero attached hydrogens (tertiary/aromatic N) is 3. The number of aromatic nitrogens is 3. The topological polar surface area (TPSA) is 90.0 Å². The SMILES string of the molecule is C=CCn1c(SCC(=O)c2ccc(NC(=O)c3ccccc3)cc2)nnc1-c1ccoc1C. The number of nitrogens with one attached hydrogen (secondary N) is 1. The van der Waals surface area contributed by atoms with Crippen LogP contribution in [0.2, 0.25) is 0 Å². The van der Waals surface area contributed by atoms with Crippen LogP contribution in [0, 0.1) is 6.92 Å². The minimum absolute atomic E-state index is 0.0462. The summed E-state index contributed by atoms with van der Waals surface area (Å²) in [6, 6.07) is 17.7. The largest absolute Gasteiger partial charge is 0.469 e. The Morgan fingerprint density at radius 1 is 1.06 bits per heavy atom. The zero-order valence-corrected chi connectivity index (χ0v) is 18.8. The summed E-state index contributed by atoms with van der Waals surface area (Å²) >= 11 is 1.32. The van der Waals surface area contributed by atoms with Crippen LogP contribution in [-0.4, -0.2) is 32.2 Å². The molecule has 0 fully saturated rings. The van der Waals surface area contributed by atoms with Gasteiger partial charge in [-0.05, 0) is 49.4 Å². The highest BCUT2D eigenvalue weighted by Gasteiger charge is 2.18. The monoisotopic (exact) mass is 458 g/mol. The molecule has 2 aromatic heterocycles. The molecule has 0 radical (unpaired) electrons. The summed E-state index contributed by atoms with van der Waals surface area (Å²) in [7, 11) is 0. The van der Waals surface area contributed by atoms with Crippen molar-refractivity contribution in [3.63, 3.8) is 0 Å². The highest BCUT2D eigenvalue weighted by Crippen LogP contribution is 2.27. The molecule has 2 heterocycles. The van der Waals surface area contributed by atoms with Gasteiger partial charge in [0.2, 0.25) is 0 Å². The number of amides is 1. The number of allylic oxidation sites excluding steroid dienone is 1. The fourth-order valence-corrected chi connectivity index (χ4v) is 4.09. The highest BCUT2D eigenvalue weighted by atomic mass is 32.2. The van der Waals surface area contributed by atoms with Crippen LogP contribution in [0.5, 0.6) is 0 Å². The molecule has 0 aliphatic carbocycles. The third-order valence-electron chi connectivity index (χ3n) is 4.96. The number of Topliss-reactive ketones (excluding diaryl/α,β-unsaturated/α-hetero) is 1. The van der Waals surface area contributed by atoms with Gasteiger partial charge in [0.05, 0.1) is 17.6 Å². The van der Waals surface area contributed by atoms with E-state index >= 15 is 0 Å². The second-order valence-electron chi connectivity index (χ2n) is 7.21. The number of aryl methyl sites for hydroxylation is 1. The Balaban J connectivity index is 1.41. The Morgan fingerprint density at radius 3 is 2.48 bits per heavy atom. The molecule has 2 aromatic carbocycles. The number of carbonyl (C=O) groups excluding carboxylic acids is 2. The summed E-state index contributed by atoms with van der Waals surface area (Å²) in [6.45, 7) is 6.19. The van der Waals surface area contributed by atoms with E-state index in [2.05, 4.69) is 22.1 Å². The molecule has 0 saturated carbocycles. The Bertz CT molecular complexity index is 1280. The molecule has 4 aromatic rings. The lowest BCUT2D eigenvalue weighted by molar-refractivity contribution is 0.101. The normalized spacial score (nSPS) is 10.7. The molecule has 0 aliphatic rings. The zero-order chi connectivity index (χ0) is 23.2. The van der Waals surface area contributed by atoms with Gasteiger partial charge in [-0.15, -0.1) is 16.8 Å². The molecule has 0 aliphatic heterocycles. The van der Waals surface area contributed by atoms with E-state index in [1.54, 1.807) is 48.7 Å². The predicted octanol–water partition coefficient (Wildman–Crippen LogP) is 5.26. The van der Waals surface area contributed by atoms with Crippen molar-refractivity contribution in [2.75, 3.05) is 11.1 Å². The molecular weight excluding hydrogens is 436 g/mol. The second-order valence-corrected chi connectivity index (χ2v) is 8.15. The average molecular weight is 459 g/mol. The van der Waals surface area contributed by atoms with Crippen LogP contribution in [0.3, 0.4) is 0 Å². The molecule has 4 rings (SSSR count). The van der Waals surface area contributed by atoms with Gasteiger partial charge in [-0.1, -0.05) is 36.0 Å². The number of anilines is 1. The van der Waals surface area contributed by atoms with Crippen molar-refractivity contribution in [3.05, 3.63) is 96.5 Å². The van der Waals surface area contributed by atoms with Crippen molar-refractivity contribution in [1.29, 1.82) is 0 Å².